The minimum absolute atomic E-state index is 0.0369. The van der Waals surface area contributed by atoms with E-state index in [0.29, 0.717) is 37.9 Å². The lowest BCUT2D eigenvalue weighted by Crippen LogP contribution is -2.55. The summed E-state index contributed by atoms with van der Waals surface area (Å²) in [6.45, 7) is 1.23. The zero-order valence-corrected chi connectivity index (χ0v) is 22.0. The first-order valence-corrected chi connectivity index (χ1v) is 13.4. The van der Waals surface area contributed by atoms with Gasteiger partial charge in [0, 0.05) is 18.6 Å². The first kappa shape index (κ1) is 27.5. The molecule has 0 aromatic heterocycles. The molecule has 2 aromatic carbocycles. The second kappa shape index (κ2) is 11.6. The highest BCUT2D eigenvalue weighted by atomic mass is 19.2. The molecule has 11 heteroatoms. The Balaban J connectivity index is 1.45. The fourth-order valence-corrected chi connectivity index (χ4v) is 6.22. The molecular formula is C29H30F2N4O5. The Morgan fingerprint density at radius 3 is 2.48 bits per heavy atom. The number of ether oxygens (including phenoxy) is 2. The van der Waals surface area contributed by atoms with Crippen LogP contribution in [0.2, 0.25) is 0 Å². The van der Waals surface area contributed by atoms with Gasteiger partial charge >= 0.3 is 18.1 Å². The van der Waals surface area contributed by atoms with Crippen LogP contribution < -0.4 is 5.32 Å². The second-order valence-electron chi connectivity index (χ2n) is 10.4. The number of amides is 3. The Hall–Kier alpha value is -4.04. The number of esters is 1. The molecule has 0 unspecified atom stereocenters. The predicted octanol–water partition coefficient (Wildman–Crippen LogP) is 4.38. The van der Waals surface area contributed by atoms with Crippen molar-refractivity contribution in [2.45, 2.75) is 62.3 Å². The molecule has 1 aliphatic carbocycles. The quantitative estimate of drug-likeness (QED) is 0.548. The van der Waals surface area contributed by atoms with Gasteiger partial charge in [0.05, 0.1) is 18.7 Å². The molecule has 40 heavy (non-hydrogen) atoms. The van der Waals surface area contributed by atoms with Crippen LogP contribution in [0.15, 0.2) is 42.5 Å². The molecule has 3 atom stereocenters. The van der Waals surface area contributed by atoms with Crippen molar-refractivity contribution >= 4 is 18.1 Å². The van der Waals surface area contributed by atoms with Crippen molar-refractivity contribution in [3.8, 4) is 6.07 Å². The SMILES string of the molecule is COC(=O)[C@@H]1OC(=O)N(C(=O)N(C2CCC(c3ccccc3C#N)CC2)[C@@H]2CCNC2)[C@H]1c1ccc(F)c(F)c1. The zero-order valence-electron chi connectivity index (χ0n) is 22.0. The molecule has 2 aliphatic heterocycles. The minimum Gasteiger partial charge on any atom is -0.466 e. The number of benzene rings is 2. The zero-order chi connectivity index (χ0) is 28.4. The third-order valence-corrected chi connectivity index (χ3v) is 8.17. The Labute approximate surface area is 230 Å². The number of halogens is 2. The maximum Gasteiger partial charge on any atom is 0.419 e. The van der Waals surface area contributed by atoms with E-state index >= 15 is 0 Å². The average Bonchev–Trinajstić information content (AvgIpc) is 3.62. The van der Waals surface area contributed by atoms with Gasteiger partial charge in [-0.15, -0.1) is 0 Å². The van der Waals surface area contributed by atoms with Crippen molar-refractivity contribution in [2.75, 3.05) is 20.2 Å². The van der Waals surface area contributed by atoms with Crippen LogP contribution in [0, 0.1) is 23.0 Å². The van der Waals surface area contributed by atoms with Gasteiger partial charge in [-0.25, -0.2) is 28.1 Å². The van der Waals surface area contributed by atoms with Crippen molar-refractivity contribution in [2.24, 2.45) is 0 Å². The highest BCUT2D eigenvalue weighted by Crippen LogP contribution is 2.40. The van der Waals surface area contributed by atoms with E-state index in [1.54, 1.807) is 11.0 Å². The number of nitrogens with zero attached hydrogens (tertiary/aromatic N) is 3. The van der Waals surface area contributed by atoms with Crippen LogP contribution in [0.4, 0.5) is 18.4 Å². The molecule has 3 amide bonds. The monoisotopic (exact) mass is 552 g/mol. The molecule has 2 heterocycles. The highest BCUT2D eigenvalue weighted by Gasteiger charge is 2.53. The van der Waals surface area contributed by atoms with Gasteiger partial charge in [0.15, 0.2) is 11.6 Å². The molecular weight excluding hydrogens is 522 g/mol. The number of nitrogens with one attached hydrogen (secondary N) is 1. The first-order chi connectivity index (χ1) is 19.3. The Morgan fingerprint density at radius 1 is 1.07 bits per heavy atom. The van der Waals surface area contributed by atoms with E-state index < -0.39 is 41.9 Å². The number of methoxy groups -OCH3 is 1. The Morgan fingerprint density at radius 2 is 1.82 bits per heavy atom. The van der Waals surface area contributed by atoms with Gasteiger partial charge in [0.25, 0.3) is 0 Å². The van der Waals surface area contributed by atoms with Crippen molar-refractivity contribution in [1.29, 1.82) is 5.26 Å². The molecule has 1 N–H and O–H groups in total. The predicted molar refractivity (Wildman–Crippen MR) is 138 cm³/mol. The maximum atomic E-state index is 14.2. The molecule has 0 spiro atoms. The maximum absolute atomic E-state index is 14.2. The lowest BCUT2D eigenvalue weighted by atomic mass is 9.79. The summed E-state index contributed by atoms with van der Waals surface area (Å²) in [4.78, 5) is 42.5. The van der Waals surface area contributed by atoms with Crippen molar-refractivity contribution in [3.63, 3.8) is 0 Å². The first-order valence-electron chi connectivity index (χ1n) is 13.4. The van der Waals surface area contributed by atoms with Crippen molar-refractivity contribution < 1.29 is 32.6 Å². The van der Waals surface area contributed by atoms with Crippen LogP contribution in [-0.4, -0.2) is 66.3 Å². The summed E-state index contributed by atoms with van der Waals surface area (Å²) in [7, 11) is 1.11. The van der Waals surface area contributed by atoms with Crippen molar-refractivity contribution in [1.82, 2.24) is 15.1 Å². The van der Waals surface area contributed by atoms with E-state index in [0.717, 1.165) is 42.5 Å². The lowest BCUT2D eigenvalue weighted by molar-refractivity contribution is -0.150. The molecule has 0 radical (unpaired) electrons. The van der Waals surface area contributed by atoms with Crippen LogP contribution in [0.1, 0.15) is 60.8 Å². The van der Waals surface area contributed by atoms with E-state index in [-0.39, 0.29) is 23.6 Å². The number of urea groups is 1. The topological polar surface area (TPSA) is 112 Å². The van der Waals surface area contributed by atoms with Gasteiger partial charge in [-0.2, -0.15) is 5.26 Å². The third-order valence-electron chi connectivity index (χ3n) is 8.17. The van der Waals surface area contributed by atoms with Crippen LogP contribution in [0.25, 0.3) is 0 Å². The van der Waals surface area contributed by atoms with Gasteiger partial charge < -0.3 is 19.7 Å². The van der Waals surface area contributed by atoms with Crippen molar-refractivity contribution in [3.05, 3.63) is 70.8 Å². The third kappa shape index (κ3) is 5.11. The van der Waals surface area contributed by atoms with E-state index in [1.807, 2.05) is 18.2 Å². The fourth-order valence-electron chi connectivity index (χ4n) is 6.22. The number of carbonyl (C=O) groups is 3. The summed E-state index contributed by atoms with van der Waals surface area (Å²) in [6, 6.07) is 10.3. The summed E-state index contributed by atoms with van der Waals surface area (Å²) in [5.41, 5.74) is 1.67. The number of imide groups is 1. The molecule has 2 saturated heterocycles. The minimum atomic E-state index is -1.53. The van der Waals surface area contributed by atoms with Gasteiger partial charge in [0.2, 0.25) is 6.10 Å². The largest absolute Gasteiger partial charge is 0.466 e. The van der Waals surface area contributed by atoms with E-state index in [2.05, 4.69) is 11.4 Å². The van der Waals surface area contributed by atoms with Crippen LogP contribution in [-0.2, 0) is 14.3 Å². The lowest BCUT2D eigenvalue weighted by Gasteiger charge is -2.42. The average molecular weight is 553 g/mol. The molecule has 2 aromatic rings. The molecule has 9 nitrogen and oxygen atoms in total. The standard InChI is InChI=1S/C29H30F2N4O5/c1-39-27(36)26-25(18-8-11-23(30)24(31)14-18)35(29(38)40-26)28(37)34(21-12-13-33-16-21)20-9-6-17(7-10-20)22-5-3-2-4-19(22)15-32/h2-5,8,11,14,17,20-21,25-26,33H,6-7,9-10,12-13,16H2,1H3/t17?,20?,21-,25+,26-/m1/s1. The smallest absolute Gasteiger partial charge is 0.419 e. The van der Waals surface area contributed by atoms with E-state index in [1.165, 1.54) is 6.07 Å². The summed E-state index contributed by atoms with van der Waals surface area (Å²) in [5.74, 6) is -3.03. The molecule has 210 valence electrons. The van der Waals surface area contributed by atoms with Gasteiger partial charge in [-0.05, 0) is 73.9 Å². The molecule has 3 aliphatic rings. The summed E-state index contributed by atoms with van der Waals surface area (Å²) in [5, 5.41) is 12.8. The molecule has 5 rings (SSSR count). The number of carbonyl (C=O) groups excluding carboxylic acids is 3. The van der Waals surface area contributed by atoms with Crippen LogP contribution in [0.3, 0.4) is 0 Å². The number of hydrogen-bond acceptors (Lipinski definition) is 7. The van der Waals surface area contributed by atoms with E-state index in [4.69, 9.17) is 9.47 Å². The van der Waals surface area contributed by atoms with E-state index in [9.17, 15) is 28.4 Å². The van der Waals surface area contributed by atoms with Gasteiger partial charge in [-0.3, -0.25) is 0 Å². The summed E-state index contributed by atoms with van der Waals surface area (Å²) in [6.07, 6.45) is 0.861. The molecule has 1 saturated carbocycles. The normalized spacial score (nSPS) is 26.2. The van der Waals surface area contributed by atoms with Crippen LogP contribution >= 0.6 is 0 Å². The van der Waals surface area contributed by atoms with Gasteiger partial charge in [0.1, 0.15) is 6.04 Å². The van der Waals surface area contributed by atoms with Gasteiger partial charge in [-0.1, -0.05) is 24.3 Å². The molecule has 3 fully saturated rings. The molecule has 0 bridgehead atoms. The Bertz CT molecular complexity index is 1330. The number of hydrogen-bond donors (Lipinski definition) is 1. The van der Waals surface area contributed by atoms with Crippen LogP contribution in [0.5, 0.6) is 0 Å². The number of cyclic esters (lactones) is 1. The second-order valence-corrected chi connectivity index (χ2v) is 10.4. The summed E-state index contributed by atoms with van der Waals surface area (Å²) >= 11 is 0. The fraction of sp³-hybridized carbons (Fsp3) is 0.448. The number of rotatable bonds is 5. The number of nitriles is 1. The highest BCUT2D eigenvalue weighted by molar-refractivity contribution is 5.96. The Kier molecular flexibility index (Phi) is 7.98. The summed E-state index contributed by atoms with van der Waals surface area (Å²) < 4.78 is 38.1.